The second-order valence-corrected chi connectivity index (χ2v) is 7.50. The van der Waals surface area contributed by atoms with Gasteiger partial charge >= 0.3 is 0 Å². The van der Waals surface area contributed by atoms with Crippen LogP contribution in [0.1, 0.15) is 30.4 Å². The molecule has 0 bridgehead atoms. The molecule has 4 nitrogen and oxygen atoms in total. The molecule has 7 heteroatoms. The first-order valence-electron chi connectivity index (χ1n) is 9.88. The molecule has 2 aromatic carbocycles. The third-order valence-electron chi connectivity index (χ3n) is 5.49. The summed E-state index contributed by atoms with van der Waals surface area (Å²) in [6, 6.07) is 14.8. The smallest absolute Gasteiger partial charge is 0.0958 e. The van der Waals surface area contributed by atoms with Gasteiger partial charge in [-0.15, -0.1) is 37.2 Å². The molecule has 2 N–H and O–H groups in total. The molecule has 30 heavy (non-hydrogen) atoms. The van der Waals surface area contributed by atoms with Crippen LogP contribution in [0.5, 0.6) is 0 Å². The van der Waals surface area contributed by atoms with Crippen molar-refractivity contribution >= 4 is 59.5 Å². The molecule has 0 fully saturated rings. The molecule has 0 atom stereocenters. The highest BCUT2D eigenvalue weighted by Gasteiger charge is 2.12. The van der Waals surface area contributed by atoms with Crippen LogP contribution in [0.4, 0.5) is 5.69 Å². The average Bonchev–Trinajstić information content (AvgIpc) is 3.09. The number of anilines is 1. The molecule has 2 heterocycles. The van der Waals surface area contributed by atoms with E-state index in [4.69, 9.17) is 5.73 Å². The lowest BCUT2D eigenvalue weighted by molar-refractivity contribution is 0.293. The van der Waals surface area contributed by atoms with E-state index in [0.29, 0.717) is 0 Å². The molecule has 1 aliphatic heterocycles. The normalized spacial score (nSPS) is 13.7. The second-order valence-electron chi connectivity index (χ2n) is 7.50. The quantitative estimate of drug-likeness (QED) is 0.369. The fraction of sp³-hybridized carbons (Fsp3) is 0.348. The summed E-state index contributed by atoms with van der Waals surface area (Å²) in [4.78, 5) is 7.07. The van der Waals surface area contributed by atoms with E-state index in [2.05, 4.69) is 57.8 Å². The zero-order valence-corrected chi connectivity index (χ0v) is 19.7. The van der Waals surface area contributed by atoms with Gasteiger partial charge in [0.05, 0.1) is 17.4 Å². The van der Waals surface area contributed by atoms with Gasteiger partial charge < -0.3 is 10.3 Å². The van der Waals surface area contributed by atoms with Crippen LogP contribution in [0.15, 0.2) is 54.9 Å². The molecule has 0 unspecified atom stereocenters. The molecule has 1 aliphatic rings. The number of halogens is 3. The van der Waals surface area contributed by atoms with E-state index in [1.54, 1.807) is 0 Å². The third kappa shape index (κ3) is 6.14. The molecule has 0 radical (unpaired) electrons. The summed E-state index contributed by atoms with van der Waals surface area (Å²) in [5.41, 5.74) is 13.0. The fourth-order valence-corrected chi connectivity index (χ4v) is 4.07. The van der Waals surface area contributed by atoms with E-state index in [9.17, 15) is 0 Å². The van der Waals surface area contributed by atoms with Crippen molar-refractivity contribution < 1.29 is 0 Å². The number of hydrogen-bond donors (Lipinski definition) is 1. The van der Waals surface area contributed by atoms with Crippen molar-refractivity contribution in [2.24, 2.45) is 0 Å². The van der Waals surface area contributed by atoms with Gasteiger partial charge in [-0.05, 0) is 61.6 Å². The fourth-order valence-electron chi connectivity index (χ4n) is 4.07. The molecule has 3 aromatic rings. The van der Waals surface area contributed by atoms with Crippen LogP contribution in [0.25, 0.3) is 16.6 Å². The Balaban J connectivity index is 0.00000150. The lowest BCUT2D eigenvalue weighted by Gasteiger charge is -2.26. The maximum Gasteiger partial charge on any atom is 0.0958 e. The molecule has 0 spiro atoms. The average molecular weight is 470 g/mol. The number of nitrogen functional groups attached to an aromatic ring is 1. The Morgan fingerprint density at radius 1 is 1.00 bits per heavy atom. The maximum atomic E-state index is 5.93. The number of imidazole rings is 1. The van der Waals surface area contributed by atoms with Crippen LogP contribution >= 0.6 is 37.2 Å². The van der Waals surface area contributed by atoms with Crippen LogP contribution in [-0.4, -0.2) is 34.1 Å². The molecule has 0 saturated heterocycles. The highest BCUT2D eigenvalue weighted by atomic mass is 35.5. The Kier molecular flexibility index (Phi) is 10.7. The van der Waals surface area contributed by atoms with Crippen molar-refractivity contribution in [1.29, 1.82) is 0 Å². The van der Waals surface area contributed by atoms with Crippen LogP contribution < -0.4 is 5.73 Å². The predicted octanol–water partition coefficient (Wildman–Crippen LogP) is 5.76. The molecule has 1 aromatic heterocycles. The summed E-state index contributed by atoms with van der Waals surface area (Å²) in [7, 11) is 0. The van der Waals surface area contributed by atoms with E-state index in [-0.39, 0.29) is 37.2 Å². The van der Waals surface area contributed by atoms with Crippen molar-refractivity contribution in [3.8, 4) is 0 Å². The number of aryl methyl sites for hydroxylation is 2. The number of benzene rings is 2. The van der Waals surface area contributed by atoms with E-state index in [1.165, 1.54) is 35.1 Å². The minimum absolute atomic E-state index is 0. The summed E-state index contributed by atoms with van der Waals surface area (Å²) in [6.07, 6.45) is 7.88. The topological polar surface area (TPSA) is 47.1 Å². The largest absolute Gasteiger partial charge is 0.399 e. The number of nitrogens with two attached hydrogens (primary N) is 1. The number of hydrogen-bond acceptors (Lipinski definition) is 3. The van der Waals surface area contributed by atoms with Gasteiger partial charge in [0.25, 0.3) is 0 Å². The minimum Gasteiger partial charge on any atom is -0.399 e. The Morgan fingerprint density at radius 2 is 1.73 bits per heavy atom. The first-order valence-corrected chi connectivity index (χ1v) is 9.88. The minimum atomic E-state index is 0. The summed E-state index contributed by atoms with van der Waals surface area (Å²) in [6.45, 7) is 6.52. The molecule has 0 saturated carbocycles. The SMILES string of the molecule is Cc1cc(N)cc2ncn(CCCCN3CC=C(c4ccccc4)CC3)c12.Cl.Cl.Cl. The van der Waals surface area contributed by atoms with Crippen LogP contribution in [-0.2, 0) is 6.54 Å². The van der Waals surface area contributed by atoms with Gasteiger partial charge in [-0.25, -0.2) is 4.98 Å². The lowest BCUT2D eigenvalue weighted by atomic mass is 9.99. The van der Waals surface area contributed by atoms with Crippen molar-refractivity contribution in [2.45, 2.75) is 32.7 Å². The van der Waals surface area contributed by atoms with Gasteiger partial charge in [-0.1, -0.05) is 36.4 Å². The molecule has 4 rings (SSSR count). The Labute approximate surface area is 197 Å². The highest BCUT2D eigenvalue weighted by Crippen LogP contribution is 2.23. The third-order valence-corrected chi connectivity index (χ3v) is 5.49. The van der Waals surface area contributed by atoms with Crippen molar-refractivity contribution in [3.63, 3.8) is 0 Å². The molecular weight excluding hydrogens is 439 g/mol. The standard InChI is InChI=1S/C23H28N4.3ClH/c1-18-15-21(24)16-22-23(18)27(17-25-22)12-6-5-11-26-13-9-20(10-14-26)19-7-3-2-4-8-19;;;/h2-4,7-9,15-17H,5-6,10-14,24H2,1H3;3*1H. The summed E-state index contributed by atoms with van der Waals surface area (Å²) < 4.78 is 2.27. The summed E-state index contributed by atoms with van der Waals surface area (Å²) in [5, 5.41) is 0. The Bertz CT molecular complexity index is 954. The van der Waals surface area contributed by atoms with Crippen LogP contribution in [0, 0.1) is 6.92 Å². The maximum absolute atomic E-state index is 5.93. The number of aromatic nitrogens is 2. The number of fused-ring (bicyclic) bond motifs is 1. The van der Waals surface area contributed by atoms with Crippen molar-refractivity contribution in [1.82, 2.24) is 14.5 Å². The lowest BCUT2D eigenvalue weighted by Crippen LogP contribution is -2.29. The van der Waals surface area contributed by atoms with Gasteiger partial charge in [-0.2, -0.15) is 0 Å². The number of rotatable bonds is 6. The van der Waals surface area contributed by atoms with Gasteiger partial charge in [0.1, 0.15) is 0 Å². The van der Waals surface area contributed by atoms with E-state index in [0.717, 1.165) is 43.8 Å². The highest BCUT2D eigenvalue weighted by molar-refractivity contribution is 5.86. The van der Waals surface area contributed by atoms with E-state index < -0.39 is 0 Å². The van der Waals surface area contributed by atoms with E-state index >= 15 is 0 Å². The number of unbranched alkanes of at least 4 members (excludes halogenated alkanes) is 1. The molecular formula is C23H31Cl3N4. The molecule has 0 amide bonds. The Morgan fingerprint density at radius 3 is 2.43 bits per heavy atom. The zero-order chi connectivity index (χ0) is 18.6. The summed E-state index contributed by atoms with van der Waals surface area (Å²) >= 11 is 0. The van der Waals surface area contributed by atoms with E-state index in [1.807, 2.05) is 18.5 Å². The van der Waals surface area contributed by atoms with Gasteiger partial charge in [-0.3, -0.25) is 4.90 Å². The summed E-state index contributed by atoms with van der Waals surface area (Å²) in [5.74, 6) is 0. The molecule has 164 valence electrons. The zero-order valence-electron chi connectivity index (χ0n) is 17.3. The monoisotopic (exact) mass is 468 g/mol. The van der Waals surface area contributed by atoms with Gasteiger partial charge in [0, 0.05) is 25.3 Å². The van der Waals surface area contributed by atoms with Crippen molar-refractivity contribution in [2.75, 3.05) is 25.4 Å². The van der Waals surface area contributed by atoms with Gasteiger partial charge in [0.2, 0.25) is 0 Å². The van der Waals surface area contributed by atoms with Crippen LogP contribution in [0.2, 0.25) is 0 Å². The predicted molar refractivity (Wildman–Crippen MR) is 135 cm³/mol. The van der Waals surface area contributed by atoms with Crippen LogP contribution in [0.3, 0.4) is 0 Å². The van der Waals surface area contributed by atoms with Gasteiger partial charge in [0.15, 0.2) is 0 Å². The van der Waals surface area contributed by atoms with Crippen molar-refractivity contribution in [3.05, 3.63) is 66.0 Å². The first kappa shape index (κ1) is 26.3. The Hall–Kier alpha value is -1.72. The molecule has 0 aliphatic carbocycles. The first-order chi connectivity index (χ1) is 13.2. The second kappa shape index (κ2) is 12.2. The number of nitrogens with zero attached hydrogens (tertiary/aromatic N) is 3.